The van der Waals surface area contributed by atoms with Crippen molar-refractivity contribution in [3.63, 3.8) is 0 Å². The topological polar surface area (TPSA) is 31.1 Å². The third-order valence-electron chi connectivity index (χ3n) is 3.84. The van der Waals surface area contributed by atoms with Gasteiger partial charge in [0.25, 0.3) is 0 Å². The molecule has 3 rings (SSSR count). The van der Waals surface area contributed by atoms with Crippen molar-refractivity contribution in [2.45, 2.75) is 25.8 Å². The molecule has 1 aromatic carbocycles. The Hall–Kier alpha value is -1.48. The minimum atomic E-state index is 0.639. The molecule has 2 N–H and O–H groups in total. The van der Waals surface area contributed by atoms with E-state index in [1.807, 2.05) is 6.20 Å². The van der Waals surface area contributed by atoms with Crippen LogP contribution in [0.25, 0.3) is 10.9 Å². The maximum absolute atomic E-state index is 3.50. The van der Waals surface area contributed by atoms with E-state index in [1.54, 1.807) is 0 Å². The molecule has 1 unspecified atom stereocenters. The molecule has 2 heterocycles. The number of nitrogens with zero attached hydrogens (tertiary/aromatic N) is 1. The molecule has 3 heteroatoms. The van der Waals surface area contributed by atoms with Gasteiger partial charge in [-0.15, -0.1) is 0 Å². The molecule has 0 aliphatic carbocycles. The first kappa shape index (κ1) is 11.6. The van der Waals surface area contributed by atoms with Gasteiger partial charge in [0.2, 0.25) is 0 Å². The maximum atomic E-state index is 3.50. The second kappa shape index (κ2) is 5.02. The fourth-order valence-electron chi connectivity index (χ4n) is 2.91. The Labute approximate surface area is 108 Å². The monoisotopic (exact) mass is 243 g/mol. The predicted octanol–water partition coefficient (Wildman–Crippen LogP) is 2.75. The number of hydrogen-bond donors (Lipinski definition) is 2. The molecule has 96 valence electrons. The van der Waals surface area contributed by atoms with Gasteiger partial charge in [-0.2, -0.15) is 0 Å². The van der Waals surface area contributed by atoms with Crippen LogP contribution >= 0.6 is 0 Å². The highest BCUT2D eigenvalue weighted by atomic mass is 15.2. The summed E-state index contributed by atoms with van der Waals surface area (Å²) in [7, 11) is 0. The van der Waals surface area contributed by atoms with E-state index in [2.05, 4.69) is 46.4 Å². The van der Waals surface area contributed by atoms with E-state index >= 15 is 0 Å². The maximum Gasteiger partial charge on any atom is 0.0455 e. The number of benzene rings is 1. The van der Waals surface area contributed by atoms with Crippen molar-refractivity contribution in [2.75, 3.05) is 24.5 Å². The first-order valence-corrected chi connectivity index (χ1v) is 6.93. The largest absolute Gasteiger partial charge is 0.366 e. The molecule has 1 aliphatic heterocycles. The van der Waals surface area contributed by atoms with Crippen molar-refractivity contribution in [3.8, 4) is 0 Å². The van der Waals surface area contributed by atoms with Crippen molar-refractivity contribution in [1.82, 2.24) is 10.3 Å². The van der Waals surface area contributed by atoms with Crippen molar-refractivity contribution in [1.29, 1.82) is 0 Å². The Kier molecular flexibility index (Phi) is 3.24. The first-order chi connectivity index (χ1) is 8.88. The molecule has 0 radical (unpaired) electrons. The van der Waals surface area contributed by atoms with Gasteiger partial charge in [-0.05, 0) is 30.7 Å². The summed E-state index contributed by atoms with van der Waals surface area (Å²) < 4.78 is 0. The van der Waals surface area contributed by atoms with Crippen LogP contribution in [-0.4, -0.2) is 30.7 Å². The number of hydrogen-bond acceptors (Lipinski definition) is 2. The average Bonchev–Trinajstić information content (AvgIpc) is 2.87. The zero-order valence-corrected chi connectivity index (χ0v) is 10.9. The number of nitrogens with one attached hydrogen (secondary N) is 2. The van der Waals surface area contributed by atoms with Gasteiger partial charge in [0.1, 0.15) is 0 Å². The van der Waals surface area contributed by atoms with Gasteiger partial charge in [0, 0.05) is 48.5 Å². The van der Waals surface area contributed by atoms with Crippen LogP contribution < -0.4 is 10.2 Å². The van der Waals surface area contributed by atoms with Crippen molar-refractivity contribution in [2.24, 2.45) is 0 Å². The number of fused-ring (bicyclic) bond motifs is 1. The van der Waals surface area contributed by atoms with E-state index in [9.17, 15) is 0 Å². The van der Waals surface area contributed by atoms with E-state index in [0.29, 0.717) is 6.04 Å². The van der Waals surface area contributed by atoms with Gasteiger partial charge in [-0.1, -0.05) is 13.3 Å². The average molecular weight is 243 g/mol. The molecule has 1 aromatic heterocycles. The molecule has 1 atom stereocenters. The normalized spacial score (nSPS) is 20.5. The van der Waals surface area contributed by atoms with Crippen LogP contribution in [0.3, 0.4) is 0 Å². The molecule has 0 bridgehead atoms. The number of piperazine rings is 1. The zero-order valence-electron chi connectivity index (χ0n) is 10.9. The summed E-state index contributed by atoms with van der Waals surface area (Å²) in [6.45, 7) is 5.58. The molecule has 0 amide bonds. The van der Waals surface area contributed by atoms with E-state index in [1.165, 1.54) is 29.4 Å². The Morgan fingerprint density at radius 1 is 1.33 bits per heavy atom. The van der Waals surface area contributed by atoms with Crippen LogP contribution in [0.15, 0.2) is 30.5 Å². The standard InChI is InChI=1S/C15H21N3/c1-2-3-14-11-16-8-9-18(14)13-4-5-15-12(10-13)6-7-17-15/h4-7,10,14,16-17H,2-3,8-9,11H2,1H3. The van der Waals surface area contributed by atoms with Crippen LogP contribution in [0.4, 0.5) is 5.69 Å². The SMILES string of the molecule is CCCC1CNCCN1c1ccc2[nH]ccc2c1. The molecule has 18 heavy (non-hydrogen) atoms. The fraction of sp³-hybridized carbons (Fsp3) is 0.467. The van der Waals surface area contributed by atoms with Gasteiger partial charge in [0.15, 0.2) is 0 Å². The summed E-state index contributed by atoms with van der Waals surface area (Å²) in [5.41, 5.74) is 2.59. The van der Waals surface area contributed by atoms with Gasteiger partial charge >= 0.3 is 0 Å². The van der Waals surface area contributed by atoms with Crippen LogP contribution in [0.2, 0.25) is 0 Å². The van der Waals surface area contributed by atoms with Gasteiger partial charge in [-0.25, -0.2) is 0 Å². The van der Waals surface area contributed by atoms with Crippen LogP contribution in [-0.2, 0) is 0 Å². The third-order valence-corrected chi connectivity index (χ3v) is 3.84. The van der Waals surface area contributed by atoms with Crippen molar-refractivity contribution in [3.05, 3.63) is 30.5 Å². The summed E-state index contributed by atoms with van der Waals surface area (Å²) in [6, 6.07) is 9.53. The number of aromatic nitrogens is 1. The van der Waals surface area contributed by atoms with Gasteiger partial charge < -0.3 is 15.2 Å². The van der Waals surface area contributed by atoms with Gasteiger partial charge in [0.05, 0.1) is 0 Å². The Bertz CT molecular complexity index is 515. The Morgan fingerprint density at radius 3 is 3.17 bits per heavy atom. The molecular weight excluding hydrogens is 222 g/mol. The molecule has 1 fully saturated rings. The lowest BCUT2D eigenvalue weighted by atomic mass is 10.1. The lowest BCUT2D eigenvalue weighted by Crippen LogP contribution is -2.51. The van der Waals surface area contributed by atoms with Crippen molar-refractivity contribution >= 4 is 16.6 Å². The molecule has 2 aromatic rings. The minimum Gasteiger partial charge on any atom is -0.366 e. The summed E-state index contributed by atoms with van der Waals surface area (Å²) >= 11 is 0. The molecular formula is C15H21N3. The number of anilines is 1. The lowest BCUT2D eigenvalue weighted by molar-refractivity contribution is 0.451. The first-order valence-electron chi connectivity index (χ1n) is 6.93. The Balaban J connectivity index is 1.90. The summed E-state index contributed by atoms with van der Waals surface area (Å²) in [4.78, 5) is 5.82. The van der Waals surface area contributed by atoms with E-state index in [0.717, 1.165) is 19.6 Å². The highest BCUT2D eigenvalue weighted by molar-refractivity contribution is 5.83. The number of aromatic amines is 1. The second-order valence-electron chi connectivity index (χ2n) is 5.09. The fourth-order valence-corrected chi connectivity index (χ4v) is 2.91. The highest BCUT2D eigenvalue weighted by Crippen LogP contribution is 2.25. The summed E-state index contributed by atoms with van der Waals surface area (Å²) in [5.74, 6) is 0. The molecule has 1 saturated heterocycles. The van der Waals surface area contributed by atoms with Gasteiger partial charge in [-0.3, -0.25) is 0 Å². The number of H-pyrrole nitrogens is 1. The summed E-state index contributed by atoms with van der Waals surface area (Å²) in [6.07, 6.45) is 4.52. The molecule has 3 nitrogen and oxygen atoms in total. The second-order valence-corrected chi connectivity index (χ2v) is 5.09. The Morgan fingerprint density at radius 2 is 2.28 bits per heavy atom. The molecule has 1 aliphatic rings. The quantitative estimate of drug-likeness (QED) is 0.868. The van der Waals surface area contributed by atoms with Crippen molar-refractivity contribution < 1.29 is 0 Å². The smallest absolute Gasteiger partial charge is 0.0455 e. The minimum absolute atomic E-state index is 0.639. The van der Waals surface area contributed by atoms with Crippen LogP contribution in [0.1, 0.15) is 19.8 Å². The zero-order chi connectivity index (χ0) is 12.4. The number of rotatable bonds is 3. The summed E-state index contributed by atoms with van der Waals surface area (Å²) in [5, 5.41) is 4.81. The highest BCUT2D eigenvalue weighted by Gasteiger charge is 2.21. The van der Waals surface area contributed by atoms with Crippen LogP contribution in [0.5, 0.6) is 0 Å². The third kappa shape index (κ3) is 2.10. The van der Waals surface area contributed by atoms with E-state index in [4.69, 9.17) is 0 Å². The lowest BCUT2D eigenvalue weighted by Gasteiger charge is -2.38. The molecule has 0 saturated carbocycles. The van der Waals surface area contributed by atoms with E-state index in [-0.39, 0.29) is 0 Å². The van der Waals surface area contributed by atoms with Crippen LogP contribution in [0, 0.1) is 0 Å². The van der Waals surface area contributed by atoms with E-state index < -0.39 is 0 Å². The molecule has 0 spiro atoms. The predicted molar refractivity (Wildman–Crippen MR) is 77.2 cm³/mol.